The average molecular weight is 282 g/mol. The van der Waals surface area contributed by atoms with Gasteiger partial charge in [-0.25, -0.2) is 0 Å². The summed E-state index contributed by atoms with van der Waals surface area (Å²) in [4.78, 5) is 0. The Morgan fingerprint density at radius 2 is 1.81 bits per heavy atom. The molecule has 0 bridgehead atoms. The summed E-state index contributed by atoms with van der Waals surface area (Å²) in [5.74, 6) is 0. The van der Waals surface area contributed by atoms with Crippen LogP contribution in [-0.2, 0) is 0 Å². The van der Waals surface area contributed by atoms with Crippen molar-refractivity contribution in [3.63, 3.8) is 0 Å². The zero-order valence-corrected chi connectivity index (χ0v) is 13.0. The molecular weight excluding hydrogens is 256 g/mol. The molecule has 0 aromatic heterocycles. The van der Waals surface area contributed by atoms with Crippen molar-refractivity contribution in [3.05, 3.63) is 60.2 Å². The first-order valence-electron chi connectivity index (χ1n) is 8.04. The standard InChI is InChI=1S/C20H26O/c1-3-4-5-6-9-16(2)14-20(21)19-13-12-17-10-7-8-11-18(17)15-19/h7-8,10-13,15,20-21H,2-6,9,14H2,1H3. The number of benzene rings is 2. The van der Waals surface area contributed by atoms with Gasteiger partial charge in [0, 0.05) is 0 Å². The maximum atomic E-state index is 10.4. The van der Waals surface area contributed by atoms with Crippen LogP contribution in [0, 0.1) is 0 Å². The van der Waals surface area contributed by atoms with Crippen molar-refractivity contribution in [2.45, 2.75) is 51.6 Å². The van der Waals surface area contributed by atoms with Crippen LogP contribution >= 0.6 is 0 Å². The van der Waals surface area contributed by atoms with Crippen LogP contribution in [0.2, 0.25) is 0 Å². The minimum absolute atomic E-state index is 0.437. The first kappa shape index (κ1) is 15.8. The first-order chi connectivity index (χ1) is 10.2. The lowest BCUT2D eigenvalue weighted by molar-refractivity contribution is 0.177. The summed E-state index contributed by atoms with van der Waals surface area (Å²) in [6.07, 6.45) is 6.27. The fourth-order valence-corrected chi connectivity index (χ4v) is 2.71. The second-order valence-electron chi connectivity index (χ2n) is 5.89. The molecule has 0 aliphatic heterocycles. The summed E-state index contributed by atoms with van der Waals surface area (Å²) >= 11 is 0. The Kier molecular flexibility index (Phi) is 6.01. The van der Waals surface area contributed by atoms with Crippen LogP contribution in [0.4, 0.5) is 0 Å². The average Bonchev–Trinajstić information content (AvgIpc) is 2.51. The highest BCUT2D eigenvalue weighted by Crippen LogP contribution is 2.26. The summed E-state index contributed by atoms with van der Waals surface area (Å²) in [6, 6.07) is 14.4. The molecular formula is C20H26O. The monoisotopic (exact) mass is 282 g/mol. The molecule has 0 radical (unpaired) electrons. The lowest BCUT2D eigenvalue weighted by Crippen LogP contribution is -1.99. The highest BCUT2D eigenvalue weighted by molar-refractivity contribution is 5.83. The summed E-state index contributed by atoms with van der Waals surface area (Å²) in [7, 11) is 0. The molecule has 1 unspecified atom stereocenters. The van der Waals surface area contributed by atoms with E-state index in [0.717, 1.165) is 17.6 Å². The van der Waals surface area contributed by atoms with Gasteiger partial charge < -0.3 is 5.11 Å². The Morgan fingerprint density at radius 3 is 2.57 bits per heavy atom. The van der Waals surface area contributed by atoms with E-state index in [0.29, 0.717) is 6.42 Å². The molecule has 2 aromatic carbocycles. The number of hydrogen-bond donors (Lipinski definition) is 1. The molecule has 1 heteroatoms. The number of aliphatic hydroxyl groups excluding tert-OH is 1. The number of hydrogen-bond acceptors (Lipinski definition) is 1. The van der Waals surface area contributed by atoms with E-state index in [-0.39, 0.29) is 0 Å². The maximum Gasteiger partial charge on any atom is 0.0827 e. The molecule has 0 spiro atoms. The van der Waals surface area contributed by atoms with Crippen molar-refractivity contribution in [3.8, 4) is 0 Å². The van der Waals surface area contributed by atoms with Gasteiger partial charge in [0.2, 0.25) is 0 Å². The third kappa shape index (κ3) is 4.71. The van der Waals surface area contributed by atoms with Crippen LogP contribution in [0.15, 0.2) is 54.6 Å². The van der Waals surface area contributed by atoms with Crippen LogP contribution in [-0.4, -0.2) is 5.11 Å². The van der Waals surface area contributed by atoms with Crippen molar-refractivity contribution >= 4 is 10.8 Å². The topological polar surface area (TPSA) is 20.2 Å². The minimum Gasteiger partial charge on any atom is -0.388 e. The molecule has 2 rings (SSSR count). The van der Waals surface area contributed by atoms with Crippen LogP contribution in [0.3, 0.4) is 0 Å². The van der Waals surface area contributed by atoms with Gasteiger partial charge in [-0.2, -0.15) is 0 Å². The number of aliphatic hydroxyl groups is 1. The third-order valence-electron chi connectivity index (χ3n) is 4.02. The zero-order chi connectivity index (χ0) is 15.1. The molecule has 1 N–H and O–H groups in total. The molecule has 2 aromatic rings. The van der Waals surface area contributed by atoms with Crippen molar-refractivity contribution in [1.29, 1.82) is 0 Å². The molecule has 0 fully saturated rings. The number of unbranched alkanes of at least 4 members (excludes halogenated alkanes) is 3. The fraction of sp³-hybridized carbons (Fsp3) is 0.400. The van der Waals surface area contributed by atoms with Gasteiger partial charge in [0.25, 0.3) is 0 Å². The molecule has 21 heavy (non-hydrogen) atoms. The smallest absolute Gasteiger partial charge is 0.0827 e. The molecule has 0 amide bonds. The molecule has 1 atom stereocenters. The molecule has 0 aliphatic carbocycles. The predicted molar refractivity (Wildman–Crippen MR) is 91.4 cm³/mol. The quantitative estimate of drug-likeness (QED) is 0.480. The van der Waals surface area contributed by atoms with Gasteiger partial charge in [0.05, 0.1) is 6.10 Å². The normalized spacial score (nSPS) is 12.5. The number of rotatable bonds is 8. The van der Waals surface area contributed by atoms with Crippen molar-refractivity contribution < 1.29 is 5.11 Å². The summed E-state index contributed by atoms with van der Waals surface area (Å²) in [5.41, 5.74) is 2.15. The van der Waals surface area contributed by atoms with Gasteiger partial charge in [-0.05, 0) is 41.7 Å². The van der Waals surface area contributed by atoms with Gasteiger partial charge in [0.15, 0.2) is 0 Å². The molecule has 0 heterocycles. The highest BCUT2D eigenvalue weighted by atomic mass is 16.3. The fourth-order valence-electron chi connectivity index (χ4n) is 2.71. The highest BCUT2D eigenvalue weighted by Gasteiger charge is 2.09. The summed E-state index contributed by atoms with van der Waals surface area (Å²) in [6.45, 7) is 6.34. The first-order valence-corrected chi connectivity index (χ1v) is 8.04. The predicted octanol–water partition coefficient (Wildman–Crippen LogP) is 5.79. The van der Waals surface area contributed by atoms with Gasteiger partial charge in [0.1, 0.15) is 0 Å². The SMILES string of the molecule is C=C(CCCCCC)CC(O)c1ccc2ccccc2c1. The minimum atomic E-state index is -0.437. The van der Waals surface area contributed by atoms with Gasteiger partial charge >= 0.3 is 0 Å². The molecule has 0 saturated heterocycles. The molecule has 0 saturated carbocycles. The van der Waals surface area contributed by atoms with Crippen molar-refractivity contribution in [2.24, 2.45) is 0 Å². The largest absolute Gasteiger partial charge is 0.388 e. The Morgan fingerprint density at radius 1 is 1.05 bits per heavy atom. The number of fused-ring (bicyclic) bond motifs is 1. The Balaban J connectivity index is 1.92. The van der Waals surface area contributed by atoms with E-state index >= 15 is 0 Å². The van der Waals surface area contributed by atoms with Crippen LogP contribution in [0.5, 0.6) is 0 Å². The van der Waals surface area contributed by atoms with E-state index in [1.807, 2.05) is 18.2 Å². The zero-order valence-electron chi connectivity index (χ0n) is 13.0. The second kappa shape index (κ2) is 7.99. The Labute approximate surface area is 128 Å². The van der Waals surface area contributed by atoms with E-state index < -0.39 is 6.10 Å². The molecule has 1 nitrogen and oxygen atoms in total. The maximum absolute atomic E-state index is 10.4. The lowest BCUT2D eigenvalue weighted by atomic mass is 9.97. The second-order valence-corrected chi connectivity index (χ2v) is 5.89. The molecule has 112 valence electrons. The Bertz CT molecular complexity index is 585. The lowest BCUT2D eigenvalue weighted by Gasteiger charge is -2.14. The third-order valence-corrected chi connectivity index (χ3v) is 4.02. The van der Waals surface area contributed by atoms with Crippen LogP contribution in [0.1, 0.15) is 57.1 Å². The van der Waals surface area contributed by atoms with Gasteiger partial charge in [-0.3, -0.25) is 0 Å². The van der Waals surface area contributed by atoms with E-state index in [2.05, 4.69) is 37.8 Å². The van der Waals surface area contributed by atoms with E-state index in [4.69, 9.17) is 0 Å². The van der Waals surface area contributed by atoms with Gasteiger partial charge in [-0.15, -0.1) is 0 Å². The van der Waals surface area contributed by atoms with E-state index in [9.17, 15) is 5.11 Å². The summed E-state index contributed by atoms with van der Waals surface area (Å²) < 4.78 is 0. The molecule has 0 aliphatic rings. The van der Waals surface area contributed by atoms with Crippen molar-refractivity contribution in [1.82, 2.24) is 0 Å². The van der Waals surface area contributed by atoms with Crippen molar-refractivity contribution in [2.75, 3.05) is 0 Å². The summed E-state index contributed by atoms with van der Waals surface area (Å²) in [5, 5.41) is 12.8. The van der Waals surface area contributed by atoms with E-state index in [1.165, 1.54) is 36.5 Å². The van der Waals surface area contributed by atoms with E-state index in [1.54, 1.807) is 0 Å². The van der Waals surface area contributed by atoms with Gasteiger partial charge in [-0.1, -0.05) is 74.7 Å². The van der Waals surface area contributed by atoms with Crippen LogP contribution in [0.25, 0.3) is 10.8 Å². The van der Waals surface area contributed by atoms with Crippen LogP contribution < -0.4 is 0 Å². The Hall–Kier alpha value is -1.60.